The largest absolute Gasteiger partial charge is 0.495 e. The second-order valence-corrected chi connectivity index (χ2v) is 6.00. The molecule has 4 rings (SSSR count). The molecule has 4 aromatic rings. The van der Waals surface area contributed by atoms with Crippen molar-refractivity contribution in [1.29, 1.82) is 0 Å². The first kappa shape index (κ1) is 16.8. The second kappa shape index (κ2) is 7.29. The lowest BCUT2D eigenvalue weighted by molar-refractivity contribution is 0.417. The van der Waals surface area contributed by atoms with Crippen molar-refractivity contribution in [2.75, 3.05) is 12.4 Å². The summed E-state index contributed by atoms with van der Waals surface area (Å²) in [7, 11) is 1.64. The van der Waals surface area contributed by atoms with E-state index in [1.807, 2.05) is 78.5 Å². The molecular formula is C21H19N5O. The van der Waals surface area contributed by atoms with E-state index in [1.165, 1.54) is 0 Å². The summed E-state index contributed by atoms with van der Waals surface area (Å²) in [6, 6.07) is 19.6. The normalized spacial score (nSPS) is 10.6. The van der Waals surface area contributed by atoms with Gasteiger partial charge >= 0.3 is 0 Å². The maximum atomic E-state index is 5.37. The summed E-state index contributed by atoms with van der Waals surface area (Å²) in [5.74, 6) is 1.24. The van der Waals surface area contributed by atoms with E-state index < -0.39 is 0 Å². The number of anilines is 2. The van der Waals surface area contributed by atoms with Crippen LogP contribution in [0.1, 0.15) is 5.69 Å². The summed E-state index contributed by atoms with van der Waals surface area (Å²) < 4.78 is 7.23. The van der Waals surface area contributed by atoms with Gasteiger partial charge in [0, 0.05) is 18.0 Å². The number of aromatic nitrogens is 4. The lowest BCUT2D eigenvalue weighted by Gasteiger charge is -2.10. The van der Waals surface area contributed by atoms with Crippen LogP contribution in [0.25, 0.3) is 16.9 Å². The van der Waals surface area contributed by atoms with Gasteiger partial charge in [-0.3, -0.25) is 0 Å². The molecule has 2 aromatic heterocycles. The van der Waals surface area contributed by atoms with Crippen molar-refractivity contribution >= 4 is 11.6 Å². The van der Waals surface area contributed by atoms with E-state index in [4.69, 9.17) is 4.74 Å². The third-order valence-corrected chi connectivity index (χ3v) is 4.20. The van der Waals surface area contributed by atoms with Gasteiger partial charge in [-0.15, -0.1) is 0 Å². The maximum Gasteiger partial charge on any atom is 0.227 e. The number of ether oxygens (including phenoxy) is 1. The highest BCUT2D eigenvalue weighted by Crippen LogP contribution is 2.27. The summed E-state index contributed by atoms with van der Waals surface area (Å²) >= 11 is 0. The summed E-state index contributed by atoms with van der Waals surface area (Å²) in [5.41, 5.74) is 4.49. The van der Waals surface area contributed by atoms with Crippen molar-refractivity contribution in [3.63, 3.8) is 0 Å². The fourth-order valence-electron chi connectivity index (χ4n) is 2.86. The Balaban J connectivity index is 1.66. The number of benzene rings is 2. The van der Waals surface area contributed by atoms with Gasteiger partial charge in [0.15, 0.2) is 0 Å². The Hall–Kier alpha value is -3.67. The Morgan fingerprint density at radius 3 is 2.56 bits per heavy atom. The molecule has 0 spiro atoms. The average Bonchev–Trinajstić information content (AvgIpc) is 3.11. The monoisotopic (exact) mass is 357 g/mol. The number of nitrogens with zero attached hydrogens (tertiary/aromatic N) is 4. The first-order chi connectivity index (χ1) is 13.2. The summed E-state index contributed by atoms with van der Waals surface area (Å²) in [4.78, 5) is 8.98. The van der Waals surface area contributed by atoms with Crippen LogP contribution in [0, 0.1) is 6.92 Å². The molecule has 0 aliphatic carbocycles. The molecule has 0 radical (unpaired) electrons. The van der Waals surface area contributed by atoms with E-state index in [1.54, 1.807) is 13.3 Å². The highest BCUT2D eigenvalue weighted by Gasteiger charge is 2.11. The van der Waals surface area contributed by atoms with Gasteiger partial charge in [-0.1, -0.05) is 30.3 Å². The number of rotatable bonds is 5. The van der Waals surface area contributed by atoms with Gasteiger partial charge in [0.25, 0.3) is 0 Å². The molecular weight excluding hydrogens is 338 g/mol. The van der Waals surface area contributed by atoms with Crippen molar-refractivity contribution in [3.8, 4) is 22.7 Å². The highest BCUT2D eigenvalue weighted by molar-refractivity contribution is 5.66. The van der Waals surface area contributed by atoms with Crippen LogP contribution in [-0.2, 0) is 0 Å². The lowest BCUT2D eigenvalue weighted by Crippen LogP contribution is -1.99. The molecule has 0 aliphatic heterocycles. The van der Waals surface area contributed by atoms with Crippen molar-refractivity contribution < 1.29 is 4.74 Å². The zero-order valence-electron chi connectivity index (χ0n) is 15.1. The van der Waals surface area contributed by atoms with Crippen LogP contribution in [0.2, 0.25) is 0 Å². The Morgan fingerprint density at radius 1 is 0.963 bits per heavy atom. The van der Waals surface area contributed by atoms with Crippen molar-refractivity contribution in [2.45, 2.75) is 6.92 Å². The zero-order chi connectivity index (χ0) is 18.6. The van der Waals surface area contributed by atoms with E-state index in [0.29, 0.717) is 5.95 Å². The molecule has 27 heavy (non-hydrogen) atoms. The maximum absolute atomic E-state index is 5.37. The van der Waals surface area contributed by atoms with Crippen LogP contribution in [0.3, 0.4) is 0 Å². The molecule has 0 aliphatic rings. The molecule has 0 atom stereocenters. The number of para-hydroxylation sites is 3. The predicted molar refractivity (Wildman–Crippen MR) is 106 cm³/mol. The van der Waals surface area contributed by atoms with Crippen LogP contribution in [0.15, 0.2) is 73.1 Å². The fourth-order valence-corrected chi connectivity index (χ4v) is 2.86. The van der Waals surface area contributed by atoms with Gasteiger partial charge in [0.05, 0.1) is 29.9 Å². The Bertz CT molecular complexity index is 1060. The SMILES string of the molecule is COc1ccccc1Nc1nccc(-c2cn(-c3ccccc3)nc2C)n1. The number of methoxy groups -OCH3 is 1. The second-order valence-electron chi connectivity index (χ2n) is 6.00. The molecule has 134 valence electrons. The molecule has 2 aromatic carbocycles. The van der Waals surface area contributed by atoms with Gasteiger partial charge in [-0.2, -0.15) is 5.10 Å². The molecule has 0 saturated heterocycles. The number of hydrogen-bond donors (Lipinski definition) is 1. The molecule has 0 unspecified atom stereocenters. The van der Waals surface area contributed by atoms with Gasteiger partial charge in [0.2, 0.25) is 5.95 Å². The minimum Gasteiger partial charge on any atom is -0.495 e. The van der Waals surface area contributed by atoms with E-state index in [2.05, 4.69) is 20.4 Å². The molecule has 0 fully saturated rings. The van der Waals surface area contributed by atoms with Crippen LogP contribution in [0.4, 0.5) is 11.6 Å². The molecule has 0 bridgehead atoms. The number of hydrogen-bond acceptors (Lipinski definition) is 5. The summed E-state index contributed by atoms with van der Waals surface area (Å²) in [5, 5.41) is 7.83. The highest BCUT2D eigenvalue weighted by atomic mass is 16.5. The molecule has 0 saturated carbocycles. The first-order valence-corrected chi connectivity index (χ1v) is 8.60. The predicted octanol–water partition coefficient (Wildman–Crippen LogP) is 4.39. The van der Waals surface area contributed by atoms with Gasteiger partial charge in [-0.05, 0) is 37.3 Å². The topological polar surface area (TPSA) is 64.9 Å². The smallest absolute Gasteiger partial charge is 0.227 e. The van der Waals surface area contributed by atoms with E-state index in [9.17, 15) is 0 Å². The Morgan fingerprint density at radius 2 is 1.74 bits per heavy atom. The lowest BCUT2D eigenvalue weighted by atomic mass is 10.2. The zero-order valence-corrected chi connectivity index (χ0v) is 15.1. The van der Waals surface area contributed by atoms with Gasteiger partial charge in [0.1, 0.15) is 5.75 Å². The van der Waals surface area contributed by atoms with E-state index in [0.717, 1.165) is 34.1 Å². The third kappa shape index (κ3) is 3.50. The Kier molecular flexibility index (Phi) is 4.53. The van der Waals surface area contributed by atoms with E-state index >= 15 is 0 Å². The summed E-state index contributed by atoms with van der Waals surface area (Å²) in [6.07, 6.45) is 3.72. The van der Waals surface area contributed by atoms with Crippen LogP contribution in [0.5, 0.6) is 5.75 Å². The molecule has 6 nitrogen and oxygen atoms in total. The van der Waals surface area contributed by atoms with Gasteiger partial charge in [-0.25, -0.2) is 14.6 Å². The summed E-state index contributed by atoms with van der Waals surface area (Å²) in [6.45, 7) is 1.98. The number of nitrogens with one attached hydrogen (secondary N) is 1. The van der Waals surface area contributed by atoms with Gasteiger partial charge < -0.3 is 10.1 Å². The van der Waals surface area contributed by atoms with Crippen LogP contribution < -0.4 is 10.1 Å². The molecule has 6 heteroatoms. The van der Waals surface area contributed by atoms with Crippen molar-refractivity contribution in [3.05, 3.63) is 78.8 Å². The van der Waals surface area contributed by atoms with Crippen molar-refractivity contribution in [2.24, 2.45) is 0 Å². The standard InChI is InChI=1S/C21H19N5O/c1-15-17(14-26(25-15)16-8-4-3-5-9-16)18-12-13-22-21(23-18)24-19-10-6-7-11-20(19)27-2/h3-14H,1-2H3,(H,22,23,24). The Labute approximate surface area is 157 Å². The van der Waals surface area contributed by atoms with Crippen molar-refractivity contribution in [1.82, 2.24) is 19.7 Å². The van der Waals surface area contributed by atoms with Crippen LogP contribution in [-0.4, -0.2) is 26.9 Å². The molecule has 1 N–H and O–H groups in total. The van der Waals surface area contributed by atoms with Crippen LogP contribution >= 0.6 is 0 Å². The molecule has 2 heterocycles. The van der Waals surface area contributed by atoms with E-state index in [-0.39, 0.29) is 0 Å². The third-order valence-electron chi connectivity index (χ3n) is 4.20. The number of aryl methyl sites for hydroxylation is 1. The minimum absolute atomic E-state index is 0.504. The quantitative estimate of drug-likeness (QED) is 0.574. The molecule has 0 amide bonds. The first-order valence-electron chi connectivity index (χ1n) is 8.60. The average molecular weight is 357 g/mol. The fraction of sp³-hybridized carbons (Fsp3) is 0.0952. The minimum atomic E-state index is 0.504.